The third-order valence-electron chi connectivity index (χ3n) is 5.04. The molecule has 2 aromatic heterocycles. The van der Waals surface area contributed by atoms with Gasteiger partial charge in [0.15, 0.2) is 0 Å². The largest absolute Gasteiger partial charge is 0.486 e. The first kappa shape index (κ1) is 22.2. The van der Waals surface area contributed by atoms with Crippen LogP contribution in [0.15, 0.2) is 36.5 Å². The molecule has 0 spiro atoms. The summed E-state index contributed by atoms with van der Waals surface area (Å²) >= 11 is 1.29. The van der Waals surface area contributed by atoms with Crippen molar-refractivity contribution in [3.63, 3.8) is 0 Å². The van der Waals surface area contributed by atoms with E-state index in [1.54, 1.807) is 18.3 Å². The van der Waals surface area contributed by atoms with Crippen LogP contribution in [-0.4, -0.2) is 49.2 Å². The predicted molar refractivity (Wildman–Crippen MR) is 116 cm³/mol. The Kier molecular flexibility index (Phi) is 6.38. The van der Waals surface area contributed by atoms with Gasteiger partial charge in [-0.3, -0.25) is 4.90 Å². The van der Waals surface area contributed by atoms with Gasteiger partial charge in [-0.1, -0.05) is 0 Å². The standard InChI is InChI=1S/C23H22F2N2O4S/c1-13-19(8-21(32-13)23(28)29-3)22-20(30-12-14-4-15(24)6-16(25)5-14)7-17(9-26-22)31-18-10-27(2)11-18/h4-9,18H,10-12H2,1-3H3. The van der Waals surface area contributed by atoms with E-state index in [0.29, 0.717) is 33.2 Å². The Balaban J connectivity index is 1.65. The Morgan fingerprint density at radius 2 is 1.91 bits per heavy atom. The van der Waals surface area contributed by atoms with Crippen LogP contribution >= 0.6 is 11.3 Å². The highest BCUT2D eigenvalue weighted by molar-refractivity contribution is 7.14. The van der Waals surface area contributed by atoms with Crippen molar-refractivity contribution in [1.82, 2.24) is 9.88 Å². The van der Waals surface area contributed by atoms with Crippen molar-refractivity contribution in [3.05, 3.63) is 63.5 Å². The summed E-state index contributed by atoms with van der Waals surface area (Å²) in [5.74, 6) is -0.865. The number of ether oxygens (including phenoxy) is 3. The number of carbonyl (C=O) groups excluding carboxylic acids is 1. The second-order valence-corrected chi connectivity index (χ2v) is 8.87. The minimum Gasteiger partial charge on any atom is -0.486 e. The summed E-state index contributed by atoms with van der Waals surface area (Å²) in [6.45, 7) is 3.43. The summed E-state index contributed by atoms with van der Waals surface area (Å²) in [6, 6.07) is 6.65. The predicted octanol–water partition coefficient (Wildman–Crippen LogP) is 4.46. The number of nitrogens with zero attached hydrogens (tertiary/aromatic N) is 2. The number of benzene rings is 1. The smallest absolute Gasteiger partial charge is 0.348 e. The molecule has 168 valence electrons. The number of methoxy groups -OCH3 is 1. The van der Waals surface area contributed by atoms with E-state index in [1.807, 2.05) is 14.0 Å². The molecule has 0 atom stereocenters. The van der Waals surface area contributed by atoms with Crippen LogP contribution in [0.25, 0.3) is 11.3 Å². The average Bonchev–Trinajstić information content (AvgIpc) is 3.11. The number of hydrogen-bond acceptors (Lipinski definition) is 7. The van der Waals surface area contributed by atoms with Crippen LogP contribution in [0, 0.1) is 18.6 Å². The van der Waals surface area contributed by atoms with Crippen molar-refractivity contribution in [3.8, 4) is 22.8 Å². The van der Waals surface area contributed by atoms with Crippen molar-refractivity contribution in [2.24, 2.45) is 0 Å². The van der Waals surface area contributed by atoms with Crippen LogP contribution in [0.1, 0.15) is 20.1 Å². The number of hydrogen-bond donors (Lipinski definition) is 0. The van der Waals surface area contributed by atoms with E-state index in [4.69, 9.17) is 14.2 Å². The van der Waals surface area contributed by atoms with Gasteiger partial charge in [0.1, 0.15) is 46.4 Å². The summed E-state index contributed by atoms with van der Waals surface area (Å²) < 4.78 is 43.9. The SMILES string of the molecule is COC(=O)c1cc(-c2ncc(OC3CN(C)C3)cc2OCc2cc(F)cc(F)c2)c(C)s1. The summed E-state index contributed by atoms with van der Waals surface area (Å²) in [5.41, 5.74) is 1.56. The van der Waals surface area contributed by atoms with Crippen LogP contribution in [0.4, 0.5) is 8.78 Å². The molecule has 1 fully saturated rings. The number of thiophene rings is 1. The van der Waals surface area contributed by atoms with Crippen LogP contribution in [0.3, 0.4) is 0 Å². The molecule has 3 heterocycles. The molecular weight excluding hydrogens is 438 g/mol. The fraction of sp³-hybridized carbons (Fsp3) is 0.304. The Morgan fingerprint density at radius 3 is 2.56 bits per heavy atom. The summed E-state index contributed by atoms with van der Waals surface area (Å²) in [4.78, 5) is 19.9. The van der Waals surface area contributed by atoms with Gasteiger partial charge >= 0.3 is 5.97 Å². The lowest BCUT2D eigenvalue weighted by Crippen LogP contribution is -2.51. The van der Waals surface area contributed by atoms with Crippen LogP contribution in [0.5, 0.6) is 11.5 Å². The normalized spacial score (nSPS) is 14.2. The molecule has 32 heavy (non-hydrogen) atoms. The first-order valence-corrected chi connectivity index (χ1v) is 10.8. The Labute approximate surface area is 188 Å². The first-order chi connectivity index (χ1) is 15.3. The van der Waals surface area contributed by atoms with E-state index >= 15 is 0 Å². The van der Waals surface area contributed by atoms with Gasteiger partial charge in [0.2, 0.25) is 0 Å². The number of likely N-dealkylation sites (N-methyl/N-ethyl adjacent to an activating group) is 1. The first-order valence-electron chi connectivity index (χ1n) is 9.94. The molecule has 3 aromatic rings. The second-order valence-electron chi connectivity index (χ2n) is 7.62. The maximum atomic E-state index is 13.6. The molecular formula is C23H22F2N2O4S. The molecule has 0 unspecified atom stereocenters. The molecule has 0 aliphatic carbocycles. The van der Waals surface area contributed by atoms with E-state index in [9.17, 15) is 13.6 Å². The third kappa shape index (κ3) is 4.89. The Bertz CT molecular complexity index is 1120. The number of aromatic nitrogens is 1. The summed E-state index contributed by atoms with van der Waals surface area (Å²) in [5, 5.41) is 0. The van der Waals surface area contributed by atoms with Crippen LogP contribution < -0.4 is 9.47 Å². The summed E-state index contributed by atoms with van der Waals surface area (Å²) in [7, 11) is 3.33. The lowest BCUT2D eigenvalue weighted by atomic mass is 10.1. The molecule has 1 saturated heterocycles. The van der Waals surface area contributed by atoms with Gasteiger partial charge in [-0.2, -0.15) is 0 Å². The van der Waals surface area contributed by atoms with Crippen molar-refractivity contribution >= 4 is 17.3 Å². The molecule has 0 amide bonds. The zero-order valence-corrected chi connectivity index (χ0v) is 18.7. The average molecular weight is 461 g/mol. The van der Waals surface area contributed by atoms with Gasteiger partial charge < -0.3 is 14.2 Å². The van der Waals surface area contributed by atoms with Gasteiger partial charge in [-0.05, 0) is 37.7 Å². The number of rotatable bonds is 7. The van der Waals surface area contributed by atoms with Crippen molar-refractivity contribution in [2.45, 2.75) is 19.6 Å². The lowest BCUT2D eigenvalue weighted by molar-refractivity contribution is 0.0384. The van der Waals surface area contributed by atoms with Crippen molar-refractivity contribution < 1.29 is 27.8 Å². The van der Waals surface area contributed by atoms with E-state index in [-0.39, 0.29) is 12.7 Å². The number of esters is 1. The van der Waals surface area contributed by atoms with Gasteiger partial charge in [-0.25, -0.2) is 18.6 Å². The molecule has 0 saturated carbocycles. The highest BCUT2D eigenvalue weighted by atomic mass is 32.1. The fourth-order valence-corrected chi connectivity index (χ4v) is 4.42. The molecule has 0 bridgehead atoms. The maximum absolute atomic E-state index is 13.6. The molecule has 1 aromatic carbocycles. The number of aryl methyl sites for hydroxylation is 1. The Hall–Kier alpha value is -3.04. The maximum Gasteiger partial charge on any atom is 0.348 e. The zero-order valence-electron chi connectivity index (χ0n) is 17.9. The topological polar surface area (TPSA) is 60.9 Å². The van der Waals surface area contributed by atoms with Crippen LogP contribution in [-0.2, 0) is 11.3 Å². The molecule has 6 nitrogen and oxygen atoms in total. The second kappa shape index (κ2) is 9.22. The minimum atomic E-state index is -0.676. The quantitative estimate of drug-likeness (QED) is 0.486. The van der Waals surface area contributed by atoms with Crippen molar-refractivity contribution in [1.29, 1.82) is 0 Å². The number of likely N-dealkylation sites (tertiary alicyclic amines) is 1. The lowest BCUT2D eigenvalue weighted by Gasteiger charge is -2.35. The molecule has 0 radical (unpaired) electrons. The van der Waals surface area contributed by atoms with E-state index in [2.05, 4.69) is 9.88 Å². The monoisotopic (exact) mass is 460 g/mol. The highest BCUT2D eigenvalue weighted by Crippen LogP contribution is 2.38. The van der Waals surface area contributed by atoms with E-state index < -0.39 is 17.6 Å². The van der Waals surface area contributed by atoms with Crippen LogP contribution in [0.2, 0.25) is 0 Å². The third-order valence-corrected chi connectivity index (χ3v) is 6.07. The van der Waals surface area contributed by atoms with Gasteiger partial charge in [-0.15, -0.1) is 11.3 Å². The molecule has 1 aliphatic rings. The molecule has 1 aliphatic heterocycles. The fourth-order valence-electron chi connectivity index (χ4n) is 3.49. The summed E-state index contributed by atoms with van der Waals surface area (Å²) in [6.07, 6.45) is 1.67. The zero-order chi connectivity index (χ0) is 22.8. The number of pyridine rings is 1. The van der Waals surface area contributed by atoms with Gasteiger partial charge in [0.05, 0.1) is 13.3 Å². The highest BCUT2D eigenvalue weighted by Gasteiger charge is 2.26. The van der Waals surface area contributed by atoms with Gasteiger partial charge in [0.25, 0.3) is 0 Å². The minimum absolute atomic E-state index is 0.0617. The molecule has 0 N–H and O–H groups in total. The van der Waals surface area contributed by atoms with Crippen molar-refractivity contribution in [2.75, 3.05) is 27.2 Å². The molecule has 4 rings (SSSR count). The Morgan fingerprint density at radius 1 is 1.19 bits per heavy atom. The number of carbonyl (C=O) groups is 1. The number of halogens is 2. The van der Waals surface area contributed by atoms with E-state index in [0.717, 1.165) is 24.0 Å². The van der Waals surface area contributed by atoms with E-state index in [1.165, 1.54) is 30.6 Å². The molecule has 9 heteroatoms. The van der Waals surface area contributed by atoms with Gasteiger partial charge in [0, 0.05) is 35.7 Å².